The van der Waals surface area contributed by atoms with Gasteiger partial charge in [0.1, 0.15) is 12.6 Å². The molecule has 1 atom stereocenters. The molecule has 0 unspecified atom stereocenters. The third-order valence-electron chi connectivity index (χ3n) is 2.45. The van der Waals surface area contributed by atoms with Crippen LogP contribution in [-0.4, -0.2) is 49.7 Å². The molecule has 0 bridgehead atoms. The molecule has 5 heteroatoms. The first-order valence-electron chi connectivity index (χ1n) is 5.16. The van der Waals surface area contributed by atoms with Gasteiger partial charge >= 0.3 is 5.97 Å². The summed E-state index contributed by atoms with van der Waals surface area (Å²) in [5.41, 5.74) is 0. The minimum Gasteiger partial charge on any atom is -0.468 e. The van der Waals surface area contributed by atoms with Crippen LogP contribution in [0.25, 0.3) is 0 Å². The lowest BCUT2D eigenvalue weighted by atomic mass is 10.2. The van der Waals surface area contributed by atoms with Gasteiger partial charge in [-0.15, -0.1) is 0 Å². The van der Waals surface area contributed by atoms with Crippen molar-refractivity contribution in [1.29, 1.82) is 0 Å². The molecule has 1 aliphatic heterocycles. The lowest BCUT2D eigenvalue weighted by Gasteiger charge is -2.22. The topological polar surface area (TPSA) is 55.8 Å². The van der Waals surface area contributed by atoms with E-state index >= 15 is 0 Å². The standard InChI is InChI=1S/C10H17NO4/c1-3-11(7-9(12)14-2)10(13)8-5-4-6-15-8/h8H,3-7H2,1-2H3/t8-/m1/s1. The van der Waals surface area contributed by atoms with Crippen LogP contribution in [0.4, 0.5) is 0 Å². The van der Waals surface area contributed by atoms with E-state index in [0.717, 1.165) is 12.8 Å². The fourth-order valence-corrected chi connectivity index (χ4v) is 1.54. The van der Waals surface area contributed by atoms with E-state index in [9.17, 15) is 9.59 Å². The second kappa shape index (κ2) is 5.70. The highest BCUT2D eigenvalue weighted by Gasteiger charge is 2.28. The minimum absolute atomic E-state index is 0.00565. The largest absolute Gasteiger partial charge is 0.468 e. The fourth-order valence-electron chi connectivity index (χ4n) is 1.54. The molecule has 1 aliphatic rings. The summed E-state index contributed by atoms with van der Waals surface area (Å²) in [5.74, 6) is -0.511. The second-order valence-electron chi connectivity index (χ2n) is 3.43. The Bertz CT molecular complexity index is 236. The lowest BCUT2D eigenvalue weighted by Crippen LogP contribution is -2.42. The van der Waals surface area contributed by atoms with E-state index in [-0.39, 0.29) is 18.6 Å². The molecule has 0 aromatic heterocycles. The van der Waals surface area contributed by atoms with Crippen LogP contribution in [0.15, 0.2) is 0 Å². The van der Waals surface area contributed by atoms with Gasteiger partial charge in [0, 0.05) is 13.2 Å². The van der Waals surface area contributed by atoms with Gasteiger partial charge in [-0.25, -0.2) is 0 Å². The summed E-state index contributed by atoms with van der Waals surface area (Å²) in [6.45, 7) is 2.96. The Balaban J connectivity index is 2.49. The molecule has 1 amide bonds. The molecule has 0 aromatic carbocycles. The molecule has 0 spiro atoms. The number of carbonyl (C=O) groups excluding carboxylic acids is 2. The predicted octanol–water partition coefficient (Wildman–Crippen LogP) is 0.187. The third-order valence-corrected chi connectivity index (χ3v) is 2.45. The molecule has 15 heavy (non-hydrogen) atoms. The van der Waals surface area contributed by atoms with Crippen LogP contribution in [0.1, 0.15) is 19.8 Å². The zero-order valence-corrected chi connectivity index (χ0v) is 9.19. The number of rotatable bonds is 4. The number of methoxy groups -OCH3 is 1. The number of likely N-dealkylation sites (N-methyl/N-ethyl adjacent to an activating group) is 1. The van der Waals surface area contributed by atoms with Crippen molar-refractivity contribution in [2.24, 2.45) is 0 Å². The van der Waals surface area contributed by atoms with Gasteiger partial charge in [-0.05, 0) is 19.8 Å². The second-order valence-corrected chi connectivity index (χ2v) is 3.43. The van der Waals surface area contributed by atoms with Crippen LogP contribution in [-0.2, 0) is 19.1 Å². The average molecular weight is 215 g/mol. The molecule has 1 rings (SSSR count). The third kappa shape index (κ3) is 3.20. The van der Waals surface area contributed by atoms with Crippen molar-refractivity contribution in [2.75, 3.05) is 26.8 Å². The van der Waals surface area contributed by atoms with Gasteiger partial charge in [0.25, 0.3) is 5.91 Å². The van der Waals surface area contributed by atoms with Gasteiger partial charge in [0.15, 0.2) is 0 Å². The van der Waals surface area contributed by atoms with Gasteiger partial charge in [0.05, 0.1) is 7.11 Å². The van der Waals surface area contributed by atoms with Gasteiger partial charge in [-0.3, -0.25) is 9.59 Å². The first-order valence-corrected chi connectivity index (χ1v) is 5.16. The van der Waals surface area contributed by atoms with Crippen LogP contribution < -0.4 is 0 Å². The molecule has 0 aromatic rings. The first kappa shape index (κ1) is 12.0. The number of amides is 1. The molecule has 0 saturated carbocycles. The summed E-state index contributed by atoms with van der Waals surface area (Å²) < 4.78 is 9.79. The maximum absolute atomic E-state index is 11.8. The first-order chi connectivity index (χ1) is 7.19. The molecule has 5 nitrogen and oxygen atoms in total. The monoisotopic (exact) mass is 215 g/mol. The van der Waals surface area contributed by atoms with Crippen molar-refractivity contribution in [2.45, 2.75) is 25.9 Å². The summed E-state index contributed by atoms with van der Waals surface area (Å²) in [7, 11) is 1.31. The number of carbonyl (C=O) groups is 2. The van der Waals surface area contributed by atoms with Crippen LogP contribution in [0.5, 0.6) is 0 Å². The molecule has 0 aliphatic carbocycles. The van der Waals surface area contributed by atoms with E-state index < -0.39 is 5.97 Å². The number of ether oxygens (including phenoxy) is 2. The average Bonchev–Trinajstić information content (AvgIpc) is 2.77. The molecule has 0 N–H and O–H groups in total. The van der Waals surface area contributed by atoms with Crippen LogP contribution in [0, 0.1) is 0 Å². The zero-order chi connectivity index (χ0) is 11.3. The Morgan fingerprint density at radius 2 is 2.27 bits per heavy atom. The van der Waals surface area contributed by atoms with Crippen molar-refractivity contribution >= 4 is 11.9 Å². The van der Waals surface area contributed by atoms with Gasteiger partial charge in [-0.1, -0.05) is 0 Å². The van der Waals surface area contributed by atoms with Gasteiger partial charge in [0.2, 0.25) is 0 Å². The van der Waals surface area contributed by atoms with E-state index in [0.29, 0.717) is 13.2 Å². The maximum Gasteiger partial charge on any atom is 0.325 e. The van der Waals surface area contributed by atoms with Gasteiger partial charge < -0.3 is 14.4 Å². The molecule has 1 fully saturated rings. The molecular weight excluding hydrogens is 198 g/mol. The Labute approximate surface area is 89.3 Å². The highest BCUT2D eigenvalue weighted by Crippen LogP contribution is 2.14. The molecule has 86 valence electrons. The summed E-state index contributed by atoms with van der Waals surface area (Å²) in [6, 6.07) is 0. The minimum atomic E-state index is -0.400. The predicted molar refractivity (Wildman–Crippen MR) is 53.2 cm³/mol. The number of hydrogen-bond donors (Lipinski definition) is 0. The van der Waals surface area contributed by atoms with Crippen molar-refractivity contribution in [3.63, 3.8) is 0 Å². The Morgan fingerprint density at radius 3 is 2.73 bits per heavy atom. The molecule has 1 heterocycles. The van der Waals surface area contributed by atoms with Crippen molar-refractivity contribution < 1.29 is 19.1 Å². The number of esters is 1. The molecular formula is C10H17NO4. The summed E-state index contributed by atoms with van der Waals surface area (Å²) >= 11 is 0. The highest BCUT2D eigenvalue weighted by atomic mass is 16.5. The van der Waals surface area contributed by atoms with E-state index in [1.807, 2.05) is 6.92 Å². The van der Waals surface area contributed by atoms with Crippen LogP contribution in [0.2, 0.25) is 0 Å². The normalized spacial score (nSPS) is 20.0. The highest BCUT2D eigenvalue weighted by molar-refractivity contribution is 5.85. The van der Waals surface area contributed by atoms with Gasteiger partial charge in [-0.2, -0.15) is 0 Å². The number of nitrogens with zero attached hydrogens (tertiary/aromatic N) is 1. The van der Waals surface area contributed by atoms with E-state index in [1.54, 1.807) is 0 Å². The maximum atomic E-state index is 11.8. The Kier molecular flexibility index (Phi) is 4.55. The summed E-state index contributed by atoms with van der Waals surface area (Å²) in [6.07, 6.45) is 1.29. The van der Waals surface area contributed by atoms with Crippen molar-refractivity contribution in [1.82, 2.24) is 4.90 Å². The van der Waals surface area contributed by atoms with Crippen LogP contribution >= 0.6 is 0 Å². The van der Waals surface area contributed by atoms with Crippen molar-refractivity contribution in [3.05, 3.63) is 0 Å². The summed E-state index contributed by atoms with van der Waals surface area (Å²) in [5, 5.41) is 0. The fraction of sp³-hybridized carbons (Fsp3) is 0.800. The van der Waals surface area contributed by atoms with Crippen molar-refractivity contribution in [3.8, 4) is 0 Å². The summed E-state index contributed by atoms with van der Waals surface area (Å²) in [4.78, 5) is 24.3. The Morgan fingerprint density at radius 1 is 1.53 bits per heavy atom. The SMILES string of the molecule is CCN(CC(=O)OC)C(=O)[C@H]1CCCO1. The van der Waals surface area contributed by atoms with E-state index in [4.69, 9.17) is 4.74 Å². The Hall–Kier alpha value is -1.10. The smallest absolute Gasteiger partial charge is 0.325 e. The number of hydrogen-bond acceptors (Lipinski definition) is 4. The molecule has 1 saturated heterocycles. The van der Waals surface area contributed by atoms with E-state index in [1.165, 1.54) is 12.0 Å². The molecule has 0 radical (unpaired) electrons. The zero-order valence-electron chi connectivity index (χ0n) is 9.19. The van der Waals surface area contributed by atoms with Crippen LogP contribution in [0.3, 0.4) is 0 Å². The quantitative estimate of drug-likeness (QED) is 0.628. The lowest BCUT2D eigenvalue weighted by molar-refractivity contribution is -0.150. The van der Waals surface area contributed by atoms with E-state index in [2.05, 4.69) is 4.74 Å².